The lowest BCUT2D eigenvalue weighted by molar-refractivity contribution is 0.00878. The first-order valence-corrected chi connectivity index (χ1v) is 5.99. The van der Waals surface area contributed by atoms with Gasteiger partial charge in [0.1, 0.15) is 0 Å². The number of rotatable bonds is 3. The lowest BCUT2D eigenvalue weighted by atomic mass is 10.1. The molecule has 0 amide bonds. The van der Waals surface area contributed by atoms with E-state index in [1.807, 2.05) is 0 Å². The summed E-state index contributed by atoms with van der Waals surface area (Å²) in [7, 11) is 0. The van der Waals surface area contributed by atoms with Crippen molar-refractivity contribution >= 4 is 0 Å². The van der Waals surface area contributed by atoms with Crippen LogP contribution in [0.25, 0.3) is 0 Å². The van der Waals surface area contributed by atoms with Gasteiger partial charge in [-0.1, -0.05) is 0 Å². The Bertz CT molecular complexity index is 177. The number of nitrogens with zero attached hydrogens (tertiary/aromatic N) is 1. The van der Waals surface area contributed by atoms with Crippen LogP contribution in [0.4, 0.5) is 0 Å². The molecule has 2 rings (SSSR count). The largest absolute Gasteiger partial charge is 0.379 e. The molecule has 0 aromatic heterocycles. The Kier molecular flexibility index (Phi) is 4.38. The highest BCUT2D eigenvalue weighted by Crippen LogP contribution is 2.10. The van der Waals surface area contributed by atoms with Gasteiger partial charge in [0.25, 0.3) is 0 Å². The summed E-state index contributed by atoms with van der Waals surface area (Å²) in [5, 5.41) is 3.51. The molecule has 0 aromatic rings. The van der Waals surface area contributed by atoms with E-state index in [2.05, 4.69) is 17.1 Å². The Morgan fingerprint density at radius 1 is 1.27 bits per heavy atom. The molecule has 1 N–H and O–H groups in total. The van der Waals surface area contributed by atoms with Crippen molar-refractivity contribution in [3.8, 4) is 0 Å². The summed E-state index contributed by atoms with van der Waals surface area (Å²) < 4.78 is 10.8. The van der Waals surface area contributed by atoms with Gasteiger partial charge in [-0.25, -0.2) is 0 Å². The normalized spacial score (nSPS) is 31.4. The van der Waals surface area contributed by atoms with Crippen LogP contribution in [-0.2, 0) is 9.47 Å². The summed E-state index contributed by atoms with van der Waals surface area (Å²) in [6.07, 6.45) is 1.18. The van der Waals surface area contributed by atoms with E-state index in [-0.39, 0.29) is 0 Å². The molecule has 2 saturated heterocycles. The van der Waals surface area contributed by atoms with Gasteiger partial charge in [0.15, 0.2) is 0 Å². The van der Waals surface area contributed by atoms with E-state index < -0.39 is 0 Å². The summed E-state index contributed by atoms with van der Waals surface area (Å²) >= 11 is 0. The predicted molar refractivity (Wildman–Crippen MR) is 59.1 cm³/mol. The maximum absolute atomic E-state index is 5.46. The fourth-order valence-electron chi connectivity index (χ4n) is 2.35. The summed E-state index contributed by atoms with van der Waals surface area (Å²) in [5.41, 5.74) is 0. The number of nitrogens with one attached hydrogen (secondary N) is 1. The molecule has 0 aliphatic carbocycles. The maximum Gasteiger partial charge on any atom is 0.0620 e. The van der Waals surface area contributed by atoms with Crippen molar-refractivity contribution in [3.63, 3.8) is 0 Å². The predicted octanol–water partition coefficient (Wildman–Crippen LogP) is 0.0856. The van der Waals surface area contributed by atoms with Gasteiger partial charge in [-0.3, -0.25) is 4.90 Å². The van der Waals surface area contributed by atoms with Crippen LogP contribution in [0, 0.1) is 0 Å². The fourth-order valence-corrected chi connectivity index (χ4v) is 2.35. The molecule has 4 heteroatoms. The zero-order valence-corrected chi connectivity index (χ0v) is 9.58. The van der Waals surface area contributed by atoms with Crippen LogP contribution in [0.15, 0.2) is 0 Å². The zero-order chi connectivity index (χ0) is 10.5. The van der Waals surface area contributed by atoms with E-state index in [9.17, 15) is 0 Å². The van der Waals surface area contributed by atoms with Crippen LogP contribution in [0.3, 0.4) is 0 Å². The van der Waals surface area contributed by atoms with Gasteiger partial charge in [-0.15, -0.1) is 0 Å². The molecule has 2 aliphatic heterocycles. The first-order chi connectivity index (χ1) is 7.36. The first-order valence-electron chi connectivity index (χ1n) is 5.99. The van der Waals surface area contributed by atoms with E-state index in [1.54, 1.807) is 0 Å². The fraction of sp³-hybridized carbons (Fsp3) is 1.00. The molecule has 2 aliphatic rings. The highest BCUT2D eigenvalue weighted by Gasteiger charge is 2.21. The molecule has 0 saturated carbocycles. The van der Waals surface area contributed by atoms with Gasteiger partial charge < -0.3 is 14.8 Å². The Hall–Kier alpha value is -0.160. The van der Waals surface area contributed by atoms with Gasteiger partial charge >= 0.3 is 0 Å². The molecule has 0 radical (unpaired) electrons. The molecule has 2 unspecified atom stereocenters. The molecule has 0 bridgehead atoms. The first kappa shape index (κ1) is 11.3. The standard InChI is InChI=1S/C11H22N2O2/c1-10(13-3-6-14-7-4-13)8-11-9-15-5-2-12-11/h10-12H,2-9H2,1H3. The summed E-state index contributed by atoms with van der Waals surface area (Å²) in [6, 6.07) is 1.17. The molecule has 2 heterocycles. The van der Waals surface area contributed by atoms with Crippen molar-refractivity contribution < 1.29 is 9.47 Å². The lowest BCUT2D eigenvalue weighted by Crippen LogP contribution is -2.48. The molecule has 15 heavy (non-hydrogen) atoms. The summed E-state index contributed by atoms with van der Waals surface area (Å²) in [6.45, 7) is 8.97. The second-order valence-electron chi connectivity index (χ2n) is 4.46. The zero-order valence-electron chi connectivity index (χ0n) is 9.58. The van der Waals surface area contributed by atoms with Crippen molar-refractivity contribution in [1.82, 2.24) is 10.2 Å². The third kappa shape index (κ3) is 3.41. The number of morpholine rings is 2. The number of hydrogen-bond acceptors (Lipinski definition) is 4. The van der Waals surface area contributed by atoms with E-state index in [4.69, 9.17) is 9.47 Å². The van der Waals surface area contributed by atoms with Crippen LogP contribution in [0.2, 0.25) is 0 Å². The lowest BCUT2D eigenvalue weighted by Gasteiger charge is -2.35. The minimum Gasteiger partial charge on any atom is -0.379 e. The quantitative estimate of drug-likeness (QED) is 0.722. The Labute approximate surface area is 91.9 Å². The highest BCUT2D eigenvalue weighted by atomic mass is 16.5. The van der Waals surface area contributed by atoms with Crippen LogP contribution >= 0.6 is 0 Å². The van der Waals surface area contributed by atoms with Crippen molar-refractivity contribution in [2.24, 2.45) is 0 Å². The van der Waals surface area contributed by atoms with Gasteiger partial charge in [0, 0.05) is 31.7 Å². The van der Waals surface area contributed by atoms with Crippen LogP contribution in [0.5, 0.6) is 0 Å². The molecular weight excluding hydrogens is 192 g/mol. The Morgan fingerprint density at radius 3 is 2.73 bits per heavy atom. The second-order valence-corrected chi connectivity index (χ2v) is 4.46. The topological polar surface area (TPSA) is 33.7 Å². The van der Waals surface area contributed by atoms with Crippen LogP contribution in [-0.4, -0.2) is 63.0 Å². The van der Waals surface area contributed by atoms with Gasteiger partial charge in [0.2, 0.25) is 0 Å². The van der Waals surface area contributed by atoms with Crippen molar-refractivity contribution in [3.05, 3.63) is 0 Å². The van der Waals surface area contributed by atoms with Crippen LogP contribution < -0.4 is 5.32 Å². The minimum atomic E-state index is 0.539. The number of ether oxygens (including phenoxy) is 2. The average molecular weight is 214 g/mol. The monoisotopic (exact) mass is 214 g/mol. The van der Waals surface area contributed by atoms with Crippen molar-refractivity contribution in [1.29, 1.82) is 0 Å². The van der Waals surface area contributed by atoms with E-state index >= 15 is 0 Å². The molecule has 2 atom stereocenters. The molecule has 2 fully saturated rings. The maximum atomic E-state index is 5.46. The third-order valence-corrected chi connectivity index (χ3v) is 3.29. The Balaban J connectivity index is 1.72. The average Bonchev–Trinajstić information content (AvgIpc) is 2.31. The molecule has 88 valence electrons. The van der Waals surface area contributed by atoms with Gasteiger partial charge in [0.05, 0.1) is 26.4 Å². The third-order valence-electron chi connectivity index (χ3n) is 3.29. The smallest absolute Gasteiger partial charge is 0.0620 e. The summed E-state index contributed by atoms with van der Waals surface area (Å²) in [5.74, 6) is 0. The second kappa shape index (κ2) is 5.80. The number of hydrogen-bond donors (Lipinski definition) is 1. The van der Waals surface area contributed by atoms with Crippen molar-refractivity contribution in [2.45, 2.75) is 25.4 Å². The van der Waals surface area contributed by atoms with Gasteiger partial charge in [-0.05, 0) is 13.3 Å². The van der Waals surface area contributed by atoms with E-state index in [1.165, 1.54) is 6.42 Å². The molecule has 4 nitrogen and oxygen atoms in total. The molecule has 0 aromatic carbocycles. The van der Waals surface area contributed by atoms with Gasteiger partial charge in [-0.2, -0.15) is 0 Å². The molecular formula is C11H22N2O2. The van der Waals surface area contributed by atoms with E-state index in [0.717, 1.165) is 46.1 Å². The minimum absolute atomic E-state index is 0.539. The van der Waals surface area contributed by atoms with Crippen molar-refractivity contribution in [2.75, 3.05) is 46.1 Å². The highest BCUT2D eigenvalue weighted by molar-refractivity contribution is 4.78. The van der Waals surface area contributed by atoms with Crippen LogP contribution in [0.1, 0.15) is 13.3 Å². The Morgan fingerprint density at radius 2 is 2.07 bits per heavy atom. The SMILES string of the molecule is CC(CC1COCCN1)N1CCOCC1. The summed E-state index contributed by atoms with van der Waals surface area (Å²) in [4.78, 5) is 2.51. The molecule has 0 spiro atoms. The van der Waals surface area contributed by atoms with E-state index in [0.29, 0.717) is 12.1 Å².